The molecule has 21 heavy (non-hydrogen) atoms. The van der Waals surface area contributed by atoms with Gasteiger partial charge in [0.25, 0.3) is 5.56 Å². The number of H-pyrrole nitrogens is 1. The predicted molar refractivity (Wildman–Crippen MR) is 80.4 cm³/mol. The van der Waals surface area contributed by atoms with E-state index in [1.54, 1.807) is 18.3 Å². The Morgan fingerprint density at radius 2 is 2.38 bits per heavy atom. The van der Waals surface area contributed by atoms with Gasteiger partial charge in [0.1, 0.15) is 11.9 Å². The van der Waals surface area contributed by atoms with Gasteiger partial charge in [-0.1, -0.05) is 0 Å². The minimum absolute atomic E-state index is 0.128. The normalized spacial score (nSPS) is 19.8. The van der Waals surface area contributed by atoms with Crippen molar-refractivity contribution in [1.82, 2.24) is 19.9 Å². The van der Waals surface area contributed by atoms with E-state index < -0.39 is 0 Å². The number of rotatable bonds is 3. The molecule has 112 valence electrons. The number of morpholine rings is 1. The van der Waals surface area contributed by atoms with Gasteiger partial charge in [-0.05, 0) is 13.8 Å². The molecule has 0 aliphatic carbocycles. The maximum atomic E-state index is 11.6. The van der Waals surface area contributed by atoms with Gasteiger partial charge < -0.3 is 9.72 Å². The third-order valence-corrected chi connectivity index (χ3v) is 4.49. The first-order valence-electron chi connectivity index (χ1n) is 6.92. The van der Waals surface area contributed by atoms with Crippen molar-refractivity contribution in [2.45, 2.75) is 26.5 Å². The van der Waals surface area contributed by atoms with Crippen molar-refractivity contribution in [1.29, 1.82) is 0 Å². The lowest BCUT2D eigenvalue weighted by molar-refractivity contribution is -0.0349. The van der Waals surface area contributed by atoms with Gasteiger partial charge in [-0.2, -0.15) is 0 Å². The van der Waals surface area contributed by atoms with Crippen molar-refractivity contribution in [2.24, 2.45) is 0 Å². The largest absolute Gasteiger partial charge is 0.369 e. The molecule has 0 spiro atoms. The molecule has 3 heterocycles. The summed E-state index contributed by atoms with van der Waals surface area (Å²) < 4.78 is 5.78. The van der Waals surface area contributed by atoms with Crippen molar-refractivity contribution in [3.8, 4) is 0 Å². The Morgan fingerprint density at radius 3 is 3.10 bits per heavy atom. The zero-order chi connectivity index (χ0) is 14.8. The van der Waals surface area contributed by atoms with Crippen LogP contribution in [0.25, 0.3) is 0 Å². The Balaban J connectivity index is 1.73. The van der Waals surface area contributed by atoms with Crippen LogP contribution >= 0.6 is 11.3 Å². The fourth-order valence-electron chi connectivity index (χ4n) is 2.47. The van der Waals surface area contributed by atoms with Crippen LogP contribution in [0, 0.1) is 13.8 Å². The molecule has 1 N–H and O–H groups in total. The summed E-state index contributed by atoms with van der Waals surface area (Å²) in [6, 6.07) is 1.53. The second kappa shape index (κ2) is 6.05. The van der Waals surface area contributed by atoms with Crippen LogP contribution in [-0.4, -0.2) is 39.5 Å². The Kier molecular flexibility index (Phi) is 4.14. The molecule has 3 rings (SSSR count). The third kappa shape index (κ3) is 3.37. The number of nitrogens with zero attached hydrogens (tertiary/aromatic N) is 3. The highest BCUT2D eigenvalue weighted by Crippen LogP contribution is 2.23. The molecule has 2 aromatic heterocycles. The summed E-state index contributed by atoms with van der Waals surface area (Å²) in [7, 11) is 0. The van der Waals surface area contributed by atoms with Crippen molar-refractivity contribution >= 4 is 11.3 Å². The van der Waals surface area contributed by atoms with Gasteiger partial charge in [-0.25, -0.2) is 9.97 Å². The van der Waals surface area contributed by atoms with Gasteiger partial charge in [0.05, 0.1) is 23.5 Å². The van der Waals surface area contributed by atoms with Crippen LogP contribution in [0.15, 0.2) is 16.4 Å². The monoisotopic (exact) mass is 306 g/mol. The molecule has 2 aromatic rings. The molecule has 1 fully saturated rings. The summed E-state index contributed by atoms with van der Waals surface area (Å²) >= 11 is 1.68. The lowest BCUT2D eigenvalue weighted by atomic mass is 10.2. The molecule has 0 saturated carbocycles. The van der Waals surface area contributed by atoms with Crippen LogP contribution in [-0.2, 0) is 11.3 Å². The molecule has 0 amide bonds. The van der Waals surface area contributed by atoms with E-state index in [9.17, 15) is 4.79 Å². The van der Waals surface area contributed by atoms with Gasteiger partial charge >= 0.3 is 0 Å². The van der Waals surface area contributed by atoms with Crippen LogP contribution < -0.4 is 5.56 Å². The molecule has 0 aromatic carbocycles. The van der Waals surface area contributed by atoms with Crippen molar-refractivity contribution < 1.29 is 4.74 Å². The lowest BCUT2D eigenvalue weighted by Gasteiger charge is -2.32. The van der Waals surface area contributed by atoms with Crippen LogP contribution in [0.1, 0.15) is 28.2 Å². The van der Waals surface area contributed by atoms with Crippen molar-refractivity contribution in [3.05, 3.63) is 44.0 Å². The summed E-state index contributed by atoms with van der Waals surface area (Å²) in [4.78, 5) is 26.5. The first kappa shape index (κ1) is 14.4. The number of aryl methyl sites for hydroxylation is 2. The smallest absolute Gasteiger partial charge is 0.251 e. The number of thiazole rings is 1. The zero-order valence-electron chi connectivity index (χ0n) is 12.1. The second-order valence-corrected chi connectivity index (χ2v) is 6.15. The number of hydrogen-bond acceptors (Lipinski definition) is 6. The lowest BCUT2D eigenvalue weighted by Crippen LogP contribution is -2.38. The molecule has 1 aliphatic rings. The molecule has 0 radical (unpaired) electrons. The standard InChI is InChI=1S/C14H18N4O2S/c1-9-13(21-8-15-9)7-18-3-4-20-12(6-18)11-5-14(19)17-10(2)16-11/h5,8,12H,3-4,6-7H2,1-2H3,(H,16,17,19). The molecule has 1 saturated heterocycles. The average Bonchev–Trinajstić information content (AvgIpc) is 2.84. The van der Waals surface area contributed by atoms with E-state index >= 15 is 0 Å². The highest BCUT2D eigenvalue weighted by atomic mass is 32.1. The zero-order valence-corrected chi connectivity index (χ0v) is 12.9. The Hall–Kier alpha value is -1.57. The number of nitrogens with one attached hydrogen (secondary N) is 1. The van der Waals surface area contributed by atoms with E-state index in [2.05, 4.69) is 19.9 Å². The van der Waals surface area contributed by atoms with E-state index in [4.69, 9.17) is 4.74 Å². The number of ether oxygens (including phenoxy) is 1. The fraction of sp³-hybridized carbons (Fsp3) is 0.500. The van der Waals surface area contributed by atoms with Gasteiger partial charge in [0, 0.05) is 30.6 Å². The summed E-state index contributed by atoms with van der Waals surface area (Å²) in [6.45, 7) is 6.97. The molecular weight excluding hydrogens is 288 g/mol. The van der Waals surface area contributed by atoms with Crippen molar-refractivity contribution in [3.63, 3.8) is 0 Å². The van der Waals surface area contributed by atoms with Crippen LogP contribution in [0.2, 0.25) is 0 Å². The second-order valence-electron chi connectivity index (χ2n) is 5.21. The summed E-state index contributed by atoms with van der Waals surface area (Å²) in [5.41, 5.74) is 3.55. The first-order valence-corrected chi connectivity index (χ1v) is 7.80. The van der Waals surface area contributed by atoms with E-state index in [-0.39, 0.29) is 11.7 Å². The summed E-state index contributed by atoms with van der Waals surface area (Å²) in [6.07, 6.45) is -0.145. The summed E-state index contributed by atoms with van der Waals surface area (Å²) in [5, 5.41) is 0. The highest BCUT2D eigenvalue weighted by molar-refractivity contribution is 7.09. The Morgan fingerprint density at radius 1 is 1.52 bits per heavy atom. The topological polar surface area (TPSA) is 71.1 Å². The Labute approximate surface area is 126 Å². The maximum Gasteiger partial charge on any atom is 0.251 e. The predicted octanol–water partition coefficient (Wildman–Crippen LogP) is 1.42. The quantitative estimate of drug-likeness (QED) is 0.928. The van der Waals surface area contributed by atoms with Crippen molar-refractivity contribution in [2.75, 3.05) is 19.7 Å². The van der Waals surface area contributed by atoms with Crippen LogP contribution in [0.4, 0.5) is 0 Å². The number of aromatic amines is 1. The maximum absolute atomic E-state index is 11.6. The average molecular weight is 306 g/mol. The molecular formula is C14H18N4O2S. The van der Waals surface area contributed by atoms with E-state index in [1.807, 2.05) is 12.4 Å². The SMILES string of the molecule is Cc1nc(C2CN(Cc3scnc3C)CCO2)cc(=O)[nH]1. The van der Waals surface area contributed by atoms with Gasteiger partial charge in [0.2, 0.25) is 0 Å². The van der Waals surface area contributed by atoms with Crippen LogP contribution in [0.3, 0.4) is 0 Å². The Bertz CT molecular complexity index is 682. The summed E-state index contributed by atoms with van der Waals surface area (Å²) in [5.74, 6) is 0.622. The highest BCUT2D eigenvalue weighted by Gasteiger charge is 2.24. The van der Waals surface area contributed by atoms with Gasteiger partial charge in [-0.3, -0.25) is 9.69 Å². The molecule has 1 atom stereocenters. The van der Waals surface area contributed by atoms with E-state index in [0.717, 1.165) is 25.3 Å². The number of aromatic nitrogens is 3. The molecule has 6 nitrogen and oxygen atoms in total. The molecule has 1 aliphatic heterocycles. The molecule has 7 heteroatoms. The third-order valence-electron chi connectivity index (χ3n) is 3.57. The van der Waals surface area contributed by atoms with Gasteiger partial charge in [-0.15, -0.1) is 11.3 Å². The van der Waals surface area contributed by atoms with Crippen LogP contribution in [0.5, 0.6) is 0 Å². The number of hydrogen-bond donors (Lipinski definition) is 1. The minimum atomic E-state index is -0.145. The molecule has 1 unspecified atom stereocenters. The van der Waals surface area contributed by atoms with Gasteiger partial charge in [0.15, 0.2) is 0 Å². The molecule has 0 bridgehead atoms. The minimum Gasteiger partial charge on any atom is -0.369 e. The fourth-order valence-corrected chi connectivity index (χ4v) is 3.29. The van der Waals surface area contributed by atoms with E-state index in [1.165, 1.54) is 10.9 Å². The van der Waals surface area contributed by atoms with E-state index in [0.29, 0.717) is 18.1 Å². The first-order chi connectivity index (χ1) is 10.1.